The summed E-state index contributed by atoms with van der Waals surface area (Å²) in [5.74, 6) is 0. The van der Waals surface area contributed by atoms with Crippen molar-refractivity contribution >= 4 is 0 Å². The first-order valence-corrected chi connectivity index (χ1v) is 3.32. The van der Waals surface area contributed by atoms with Gasteiger partial charge in [-0.1, -0.05) is 0 Å². The molecule has 0 saturated carbocycles. The Kier molecular flexibility index (Phi) is 2.62. The zero-order valence-electron chi connectivity index (χ0n) is 5.60. The van der Waals surface area contributed by atoms with Gasteiger partial charge in [-0.25, -0.2) is 0 Å². The third-order valence-electron chi connectivity index (χ3n) is 1.63. The molecule has 10 heavy (non-hydrogen) atoms. The van der Waals surface area contributed by atoms with E-state index >= 15 is 0 Å². The number of rotatable bonds is 1. The van der Waals surface area contributed by atoms with Crippen molar-refractivity contribution in [2.75, 3.05) is 13.2 Å². The third-order valence-corrected chi connectivity index (χ3v) is 1.63. The Hall–Kier alpha value is -0.160. The van der Waals surface area contributed by atoms with Gasteiger partial charge in [-0.2, -0.15) is 0 Å². The highest BCUT2D eigenvalue weighted by molar-refractivity contribution is 4.76. The predicted molar refractivity (Wildman–Crippen MR) is 33.5 cm³/mol. The second kappa shape index (κ2) is 3.30. The molecule has 0 amide bonds. The number of hydrogen-bond acceptors (Lipinski definition) is 4. The van der Waals surface area contributed by atoms with Gasteiger partial charge in [0.05, 0.1) is 25.4 Å². The average Bonchev–Trinajstić information content (AvgIpc) is 1.88. The first-order valence-electron chi connectivity index (χ1n) is 3.32. The minimum Gasteiger partial charge on any atom is -0.394 e. The van der Waals surface area contributed by atoms with Gasteiger partial charge < -0.3 is 20.1 Å². The van der Waals surface area contributed by atoms with Crippen LogP contribution in [0.15, 0.2) is 0 Å². The summed E-state index contributed by atoms with van der Waals surface area (Å²) in [6, 6.07) is 0. The first-order chi connectivity index (χ1) is 4.74. The van der Waals surface area contributed by atoms with E-state index in [1.807, 2.05) is 0 Å². The van der Waals surface area contributed by atoms with Crippen molar-refractivity contribution in [1.29, 1.82) is 0 Å². The van der Waals surface area contributed by atoms with Crippen LogP contribution in [0.5, 0.6) is 0 Å². The van der Waals surface area contributed by atoms with Crippen molar-refractivity contribution in [3.05, 3.63) is 0 Å². The summed E-state index contributed by atoms with van der Waals surface area (Å²) in [7, 11) is 0. The number of ether oxygens (including phenoxy) is 1. The molecular weight excluding hydrogens is 136 g/mol. The van der Waals surface area contributed by atoms with Crippen LogP contribution in [0.25, 0.3) is 0 Å². The van der Waals surface area contributed by atoms with Crippen LogP contribution in [0.3, 0.4) is 0 Å². The average molecular weight is 148 g/mol. The van der Waals surface area contributed by atoms with Gasteiger partial charge >= 0.3 is 0 Å². The summed E-state index contributed by atoms with van der Waals surface area (Å²) < 4.78 is 4.90. The molecule has 1 saturated heterocycles. The molecule has 0 spiro atoms. The SMILES string of the molecule is OC[C@H]1OC[C@@H](O)C[C@H]1O. The van der Waals surface area contributed by atoms with Gasteiger partial charge in [-0.3, -0.25) is 0 Å². The molecule has 3 N–H and O–H groups in total. The van der Waals surface area contributed by atoms with Gasteiger partial charge in [0, 0.05) is 6.42 Å². The monoisotopic (exact) mass is 148 g/mol. The van der Waals surface area contributed by atoms with Crippen molar-refractivity contribution in [2.45, 2.75) is 24.7 Å². The number of hydrogen-bond donors (Lipinski definition) is 3. The van der Waals surface area contributed by atoms with Gasteiger partial charge in [0.25, 0.3) is 0 Å². The Balaban J connectivity index is 2.36. The molecule has 3 atom stereocenters. The number of aliphatic hydroxyl groups is 3. The minimum absolute atomic E-state index is 0.187. The molecule has 0 aromatic carbocycles. The van der Waals surface area contributed by atoms with Gasteiger partial charge in [-0.05, 0) is 0 Å². The Bertz CT molecular complexity index is 106. The lowest BCUT2D eigenvalue weighted by Crippen LogP contribution is -2.42. The fourth-order valence-electron chi connectivity index (χ4n) is 1.02. The van der Waals surface area contributed by atoms with Crippen LogP contribution in [0, 0.1) is 0 Å². The fourth-order valence-corrected chi connectivity index (χ4v) is 1.02. The van der Waals surface area contributed by atoms with E-state index in [0.717, 1.165) is 0 Å². The van der Waals surface area contributed by atoms with E-state index in [4.69, 9.17) is 20.1 Å². The van der Waals surface area contributed by atoms with E-state index in [0.29, 0.717) is 6.42 Å². The van der Waals surface area contributed by atoms with Crippen LogP contribution in [-0.2, 0) is 4.74 Å². The van der Waals surface area contributed by atoms with E-state index in [1.165, 1.54) is 0 Å². The van der Waals surface area contributed by atoms with Crippen LogP contribution in [0.4, 0.5) is 0 Å². The summed E-state index contributed by atoms with van der Waals surface area (Å²) in [4.78, 5) is 0. The molecule has 60 valence electrons. The molecular formula is C6H12O4. The van der Waals surface area contributed by atoms with Crippen molar-refractivity contribution in [1.82, 2.24) is 0 Å². The van der Waals surface area contributed by atoms with Gasteiger partial charge in [0.15, 0.2) is 0 Å². The maximum absolute atomic E-state index is 9.09. The van der Waals surface area contributed by atoms with Crippen molar-refractivity contribution in [2.24, 2.45) is 0 Å². The van der Waals surface area contributed by atoms with Crippen molar-refractivity contribution in [3.63, 3.8) is 0 Å². The molecule has 0 aromatic rings. The summed E-state index contributed by atoms with van der Waals surface area (Å²) >= 11 is 0. The molecule has 4 nitrogen and oxygen atoms in total. The molecule has 1 rings (SSSR count). The summed E-state index contributed by atoms with van der Waals surface area (Å²) in [5.41, 5.74) is 0. The molecule has 1 fully saturated rings. The standard InChI is InChI=1S/C6H12O4/c7-2-6-5(9)1-4(8)3-10-6/h4-9H,1-3H2/t4-,5+,6+/m0/s1. The molecule has 4 heteroatoms. The lowest BCUT2D eigenvalue weighted by atomic mass is 10.0. The maximum atomic E-state index is 9.09. The molecule has 1 aliphatic rings. The van der Waals surface area contributed by atoms with Crippen molar-refractivity contribution in [3.8, 4) is 0 Å². The van der Waals surface area contributed by atoms with E-state index in [9.17, 15) is 0 Å². The Morgan fingerprint density at radius 3 is 2.60 bits per heavy atom. The normalized spacial score (nSPS) is 41.7. The lowest BCUT2D eigenvalue weighted by Gasteiger charge is -2.29. The topological polar surface area (TPSA) is 69.9 Å². The molecule has 0 radical (unpaired) electrons. The van der Waals surface area contributed by atoms with Crippen LogP contribution in [0.2, 0.25) is 0 Å². The number of aliphatic hydroxyl groups excluding tert-OH is 3. The second-order valence-corrected chi connectivity index (χ2v) is 2.51. The predicted octanol–water partition coefficient (Wildman–Crippen LogP) is -1.51. The quantitative estimate of drug-likeness (QED) is 0.423. The van der Waals surface area contributed by atoms with Crippen LogP contribution >= 0.6 is 0 Å². The van der Waals surface area contributed by atoms with Gasteiger partial charge in [0.2, 0.25) is 0 Å². The zero-order valence-corrected chi connectivity index (χ0v) is 5.60. The van der Waals surface area contributed by atoms with Crippen LogP contribution in [-0.4, -0.2) is 46.8 Å². The molecule has 1 aliphatic heterocycles. The van der Waals surface area contributed by atoms with E-state index in [2.05, 4.69) is 0 Å². The highest BCUT2D eigenvalue weighted by Crippen LogP contribution is 2.13. The zero-order chi connectivity index (χ0) is 7.56. The largest absolute Gasteiger partial charge is 0.394 e. The fraction of sp³-hybridized carbons (Fsp3) is 1.00. The Labute approximate surface area is 59.1 Å². The summed E-state index contributed by atoms with van der Waals surface area (Å²) in [5, 5.41) is 26.6. The smallest absolute Gasteiger partial charge is 0.107 e. The van der Waals surface area contributed by atoms with E-state index < -0.39 is 18.3 Å². The highest BCUT2D eigenvalue weighted by Gasteiger charge is 2.27. The Morgan fingerprint density at radius 2 is 2.10 bits per heavy atom. The highest BCUT2D eigenvalue weighted by atomic mass is 16.5. The summed E-state index contributed by atoms with van der Waals surface area (Å²) in [6.07, 6.45) is -1.53. The van der Waals surface area contributed by atoms with Gasteiger partial charge in [-0.15, -0.1) is 0 Å². The van der Waals surface area contributed by atoms with Crippen molar-refractivity contribution < 1.29 is 20.1 Å². The molecule has 1 heterocycles. The maximum Gasteiger partial charge on any atom is 0.107 e. The van der Waals surface area contributed by atoms with Crippen LogP contribution < -0.4 is 0 Å². The molecule has 0 aromatic heterocycles. The van der Waals surface area contributed by atoms with E-state index in [1.54, 1.807) is 0 Å². The third kappa shape index (κ3) is 1.67. The minimum atomic E-state index is -0.728. The van der Waals surface area contributed by atoms with E-state index in [-0.39, 0.29) is 13.2 Å². The second-order valence-electron chi connectivity index (χ2n) is 2.51. The van der Waals surface area contributed by atoms with Gasteiger partial charge in [0.1, 0.15) is 6.10 Å². The molecule has 0 bridgehead atoms. The lowest BCUT2D eigenvalue weighted by molar-refractivity contribution is -0.136. The molecule has 0 aliphatic carbocycles. The van der Waals surface area contributed by atoms with Crippen LogP contribution in [0.1, 0.15) is 6.42 Å². The summed E-state index contributed by atoms with van der Waals surface area (Å²) in [6.45, 7) is 0.0240. The Morgan fingerprint density at radius 1 is 1.40 bits per heavy atom. The molecule has 0 unspecified atom stereocenters. The first kappa shape index (κ1) is 7.94.